The highest BCUT2D eigenvalue weighted by molar-refractivity contribution is 6.34. The second kappa shape index (κ2) is 8.43. The van der Waals surface area contributed by atoms with Gasteiger partial charge in [-0.05, 0) is 29.8 Å². The van der Waals surface area contributed by atoms with Gasteiger partial charge in [0, 0.05) is 27.9 Å². The third-order valence-electron chi connectivity index (χ3n) is 6.93. The van der Waals surface area contributed by atoms with Crippen molar-refractivity contribution in [3.8, 4) is 11.5 Å². The van der Waals surface area contributed by atoms with Crippen molar-refractivity contribution in [2.75, 3.05) is 12.1 Å². The predicted octanol–water partition coefficient (Wildman–Crippen LogP) is 3.91. The van der Waals surface area contributed by atoms with Crippen LogP contribution in [0.2, 0.25) is 5.02 Å². The number of carboxylic acids is 1. The molecule has 1 fully saturated rings. The summed E-state index contributed by atoms with van der Waals surface area (Å²) in [5, 5.41) is 13.5. The van der Waals surface area contributed by atoms with E-state index in [0.717, 1.165) is 0 Å². The van der Waals surface area contributed by atoms with Gasteiger partial charge in [0.2, 0.25) is 29.9 Å². The Hall–Kier alpha value is -4.21. The average molecular weight is 520 g/mol. The van der Waals surface area contributed by atoms with Crippen molar-refractivity contribution in [1.82, 2.24) is 0 Å². The molecule has 3 aromatic rings. The van der Waals surface area contributed by atoms with Gasteiger partial charge in [-0.3, -0.25) is 19.2 Å². The molecule has 1 unspecified atom stereocenters. The first-order chi connectivity index (χ1) is 17.8. The molecule has 2 N–H and O–H groups in total. The molecule has 37 heavy (non-hydrogen) atoms. The molecule has 2 heterocycles. The van der Waals surface area contributed by atoms with Crippen molar-refractivity contribution in [3.05, 3.63) is 88.4 Å². The van der Waals surface area contributed by atoms with E-state index < -0.39 is 47.0 Å². The lowest BCUT2D eigenvalue weighted by Crippen LogP contribution is -2.52. The maximum absolute atomic E-state index is 13.7. The number of carboxylic acid groups (broad SMARTS) is 1. The minimum Gasteiger partial charge on any atom is -0.481 e. The molecule has 0 bridgehead atoms. The molecule has 3 aromatic carbocycles. The monoisotopic (exact) mass is 519 g/mol. The number of Topliss-reactive ketones (excluding diaryl/α,β-unsaturated/α-hetero) is 2. The van der Waals surface area contributed by atoms with Crippen molar-refractivity contribution in [2.24, 2.45) is 11.8 Å². The highest BCUT2D eigenvalue weighted by Gasteiger charge is 2.71. The summed E-state index contributed by atoms with van der Waals surface area (Å²) in [5.74, 6) is -6.12. The average Bonchev–Trinajstić information content (AvgIpc) is 3.56. The molecule has 0 radical (unpaired) electrons. The molecule has 1 amide bonds. The molecule has 0 aromatic heterocycles. The fraction of sp³-hybridized carbons (Fsp3) is 0.185. The van der Waals surface area contributed by atoms with Gasteiger partial charge in [0.25, 0.3) is 0 Å². The summed E-state index contributed by atoms with van der Waals surface area (Å²) in [6.45, 7) is 0.0379. The first kappa shape index (κ1) is 23.2. The van der Waals surface area contributed by atoms with E-state index in [1.165, 1.54) is 12.1 Å². The molecule has 3 aliphatic rings. The number of hydrogen-bond acceptors (Lipinski definition) is 7. The normalized spacial score (nSPS) is 22.8. The van der Waals surface area contributed by atoms with Gasteiger partial charge in [-0.1, -0.05) is 48.0 Å². The quantitative estimate of drug-likeness (QED) is 0.496. The zero-order chi connectivity index (χ0) is 25.9. The minimum atomic E-state index is -2.39. The van der Waals surface area contributed by atoms with Gasteiger partial charge in [-0.2, -0.15) is 0 Å². The van der Waals surface area contributed by atoms with Gasteiger partial charge < -0.3 is 24.6 Å². The summed E-state index contributed by atoms with van der Waals surface area (Å²) in [6.07, 6.45) is -1.23. The van der Waals surface area contributed by atoms with E-state index in [1.54, 1.807) is 54.6 Å². The highest BCUT2D eigenvalue weighted by atomic mass is 35.5. The Morgan fingerprint density at radius 3 is 2.22 bits per heavy atom. The topological polar surface area (TPSA) is 128 Å². The van der Waals surface area contributed by atoms with Crippen LogP contribution >= 0.6 is 11.6 Å². The third-order valence-corrected chi connectivity index (χ3v) is 7.19. The number of aliphatic carboxylic acids is 1. The summed E-state index contributed by atoms with van der Waals surface area (Å²) in [5.41, 5.74) is -1.55. The lowest BCUT2D eigenvalue weighted by molar-refractivity contribution is -0.147. The van der Waals surface area contributed by atoms with Crippen molar-refractivity contribution >= 4 is 40.7 Å². The first-order valence-electron chi connectivity index (χ1n) is 11.4. The molecule has 186 valence electrons. The Morgan fingerprint density at radius 2 is 1.57 bits per heavy atom. The Bertz CT molecular complexity index is 1450. The number of ether oxygens (including phenoxy) is 3. The van der Waals surface area contributed by atoms with E-state index in [4.69, 9.17) is 25.8 Å². The number of rotatable bonds is 4. The molecule has 1 spiro atoms. The van der Waals surface area contributed by atoms with Crippen LogP contribution in [0.3, 0.4) is 0 Å². The van der Waals surface area contributed by atoms with E-state index in [1.807, 2.05) is 0 Å². The van der Waals surface area contributed by atoms with Gasteiger partial charge in [0.05, 0.1) is 12.0 Å². The largest absolute Gasteiger partial charge is 0.481 e. The number of carbonyl (C=O) groups excluding carboxylic acids is 3. The SMILES string of the molecule is O=C(Nc1ccc2c(c1)OCO2)[C@H]1C(c2ccc(Cl)cc2)OC2(C(=O)c3ccccc3C2=O)[C@H]1C(=O)O. The minimum absolute atomic E-state index is 0.0379. The molecule has 6 rings (SSSR count). The van der Waals surface area contributed by atoms with E-state index in [2.05, 4.69) is 5.32 Å². The molecule has 1 aliphatic carbocycles. The fourth-order valence-corrected chi connectivity index (χ4v) is 5.42. The standard InChI is InChI=1S/C27H18ClNO8/c28-14-7-5-13(6-8-14)22-20(25(32)29-15-9-10-18-19(11-15)36-12-35-18)21(26(33)34)27(37-22)23(30)16-3-1-2-4-17(16)24(27)31/h1-11,20-22H,12H2,(H,29,32)(H,33,34)/t20-,21-,22?/m1/s1. The first-order valence-corrected chi connectivity index (χ1v) is 11.7. The molecular formula is C27H18ClNO8. The van der Waals surface area contributed by atoms with Crippen LogP contribution in [-0.2, 0) is 14.3 Å². The Balaban J connectivity index is 1.46. The Kier molecular flexibility index (Phi) is 5.29. The zero-order valence-corrected chi connectivity index (χ0v) is 19.7. The van der Waals surface area contributed by atoms with E-state index in [9.17, 15) is 24.3 Å². The van der Waals surface area contributed by atoms with Crippen LogP contribution in [0.15, 0.2) is 66.7 Å². The number of hydrogen-bond donors (Lipinski definition) is 2. The van der Waals surface area contributed by atoms with Crippen LogP contribution in [0.25, 0.3) is 0 Å². The number of halogens is 1. The maximum atomic E-state index is 13.7. The molecule has 3 atom stereocenters. The number of ketones is 2. The van der Waals surface area contributed by atoms with Crippen molar-refractivity contribution < 1.29 is 38.5 Å². The van der Waals surface area contributed by atoms with E-state index in [0.29, 0.717) is 27.8 Å². The van der Waals surface area contributed by atoms with Gasteiger partial charge in [0.1, 0.15) is 5.92 Å². The summed E-state index contributed by atoms with van der Waals surface area (Å²) in [7, 11) is 0. The lowest BCUT2D eigenvalue weighted by atomic mass is 9.75. The number of nitrogens with one attached hydrogen (secondary N) is 1. The molecule has 2 aliphatic heterocycles. The summed E-state index contributed by atoms with van der Waals surface area (Å²) in [6, 6.07) is 17.0. The number of carbonyl (C=O) groups is 4. The van der Waals surface area contributed by atoms with Gasteiger partial charge in [-0.15, -0.1) is 0 Å². The van der Waals surface area contributed by atoms with Crippen LogP contribution in [0.4, 0.5) is 5.69 Å². The summed E-state index contributed by atoms with van der Waals surface area (Å²) in [4.78, 5) is 53.7. The summed E-state index contributed by atoms with van der Waals surface area (Å²) >= 11 is 6.03. The molecule has 10 heteroatoms. The van der Waals surface area contributed by atoms with Crippen molar-refractivity contribution in [2.45, 2.75) is 11.7 Å². The van der Waals surface area contributed by atoms with Crippen LogP contribution < -0.4 is 14.8 Å². The van der Waals surface area contributed by atoms with E-state index in [-0.39, 0.29) is 17.9 Å². The highest BCUT2D eigenvalue weighted by Crippen LogP contribution is 2.54. The molecule has 1 saturated heterocycles. The smallest absolute Gasteiger partial charge is 0.311 e. The maximum Gasteiger partial charge on any atom is 0.311 e. The number of benzene rings is 3. The number of anilines is 1. The number of amides is 1. The second-order valence-corrected chi connectivity index (χ2v) is 9.36. The Labute approximate surface area is 214 Å². The lowest BCUT2D eigenvalue weighted by Gasteiger charge is -2.25. The fourth-order valence-electron chi connectivity index (χ4n) is 5.29. The van der Waals surface area contributed by atoms with Crippen molar-refractivity contribution in [3.63, 3.8) is 0 Å². The van der Waals surface area contributed by atoms with Gasteiger partial charge in [-0.25, -0.2) is 0 Å². The van der Waals surface area contributed by atoms with Crippen LogP contribution in [0, 0.1) is 11.8 Å². The molecule has 9 nitrogen and oxygen atoms in total. The number of fused-ring (bicyclic) bond motifs is 2. The van der Waals surface area contributed by atoms with Crippen LogP contribution in [0.1, 0.15) is 32.4 Å². The Morgan fingerprint density at radius 1 is 0.919 bits per heavy atom. The van der Waals surface area contributed by atoms with Crippen LogP contribution in [0.5, 0.6) is 11.5 Å². The van der Waals surface area contributed by atoms with Crippen LogP contribution in [-0.4, -0.2) is 40.9 Å². The molecule has 0 saturated carbocycles. The van der Waals surface area contributed by atoms with Gasteiger partial charge >= 0.3 is 5.97 Å². The summed E-state index contributed by atoms with van der Waals surface area (Å²) < 4.78 is 16.8. The molecular weight excluding hydrogens is 502 g/mol. The van der Waals surface area contributed by atoms with Crippen molar-refractivity contribution in [1.29, 1.82) is 0 Å². The second-order valence-electron chi connectivity index (χ2n) is 8.93. The third kappa shape index (κ3) is 3.42. The van der Waals surface area contributed by atoms with Gasteiger partial charge in [0.15, 0.2) is 11.5 Å². The zero-order valence-electron chi connectivity index (χ0n) is 19.0. The van der Waals surface area contributed by atoms with E-state index >= 15 is 0 Å². The predicted molar refractivity (Wildman–Crippen MR) is 129 cm³/mol.